The van der Waals surface area contributed by atoms with Gasteiger partial charge in [0.15, 0.2) is 0 Å². The Morgan fingerprint density at radius 2 is 1.80 bits per heavy atom. The fourth-order valence-electron chi connectivity index (χ4n) is 2.10. The molecule has 0 amide bonds. The van der Waals surface area contributed by atoms with Gasteiger partial charge in [0.1, 0.15) is 0 Å². The molecule has 1 aliphatic carbocycles. The molecule has 15 heavy (non-hydrogen) atoms. The van der Waals surface area contributed by atoms with Crippen LogP contribution in [0, 0.1) is 5.92 Å². The highest BCUT2D eigenvalue weighted by Gasteiger charge is 2.29. The van der Waals surface area contributed by atoms with Crippen molar-refractivity contribution in [2.75, 3.05) is 13.2 Å². The van der Waals surface area contributed by atoms with Crippen LogP contribution in [-0.2, 0) is 0 Å². The second kappa shape index (κ2) is 5.83. The van der Waals surface area contributed by atoms with E-state index in [1.54, 1.807) is 0 Å². The maximum atomic E-state index is 10.2. The first-order valence-electron chi connectivity index (χ1n) is 6.14. The van der Waals surface area contributed by atoms with Crippen LogP contribution in [0.5, 0.6) is 0 Å². The first-order valence-corrected chi connectivity index (χ1v) is 6.14. The highest BCUT2D eigenvalue weighted by molar-refractivity contribution is 4.85. The molecule has 1 saturated carbocycles. The summed E-state index contributed by atoms with van der Waals surface area (Å²) in [6.07, 6.45) is 5.37. The van der Waals surface area contributed by atoms with Crippen LogP contribution in [0.3, 0.4) is 0 Å². The van der Waals surface area contributed by atoms with Crippen molar-refractivity contribution in [3.05, 3.63) is 0 Å². The van der Waals surface area contributed by atoms with Crippen molar-refractivity contribution in [1.29, 1.82) is 0 Å². The molecule has 1 fully saturated rings. The fourth-order valence-corrected chi connectivity index (χ4v) is 2.10. The summed E-state index contributed by atoms with van der Waals surface area (Å²) >= 11 is 0. The molecule has 3 N–H and O–H groups in total. The predicted molar refractivity (Wildman–Crippen MR) is 61.7 cm³/mol. The molecule has 0 aliphatic heterocycles. The van der Waals surface area contributed by atoms with E-state index < -0.39 is 5.60 Å². The first kappa shape index (κ1) is 12.9. The normalized spacial score (nSPS) is 24.8. The molecule has 1 aliphatic rings. The van der Waals surface area contributed by atoms with Crippen LogP contribution in [0.2, 0.25) is 0 Å². The largest absolute Gasteiger partial charge is 0.396 e. The van der Waals surface area contributed by atoms with Gasteiger partial charge in [-0.05, 0) is 25.7 Å². The smallest absolute Gasteiger partial charge is 0.0771 e. The molecule has 0 aromatic heterocycles. The van der Waals surface area contributed by atoms with E-state index in [0.717, 1.165) is 25.7 Å². The summed E-state index contributed by atoms with van der Waals surface area (Å²) in [6.45, 7) is 4.95. The number of aliphatic hydroxyl groups excluding tert-OH is 1. The summed E-state index contributed by atoms with van der Waals surface area (Å²) in [7, 11) is 0. The van der Waals surface area contributed by atoms with Crippen molar-refractivity contribution in [3.63, 3.8) is 0 Å². The summed E-state index contributed by atoms with van der Waals surface area (Å²) < 4.78 is 0. The Morgan fingerprint density at radius 1 is 1.20 bits per heavy atom. The van der Waals surface area contributed by atoms with Crippen LogP contribution in [0.1, 0.15) is 46.0 Å². The molecular weight excluding hydrogens is 190 g/mol. The van der Waals surface area contributed by atoms with Gasteiger partial charge >= 0.3 is 0 Å². The first-order chi connectivity index (χ1) is 7.07. The summed E-state index contributed by atoms with van der Waals surface area (Å²) in [5.41, 5.74) is -0.498. The lowest BCUT2D eigenvalue weighted by Crippen LogP contribution is -2.46. The van der Waals surface area contributed by atoms with Crippen LogP contribution in [0.4, 0.5) is 0 Å². The molecule has 0 aromatic rings. The SMILES string of the molecule is CC(CO)C(C)NCC1(O)CCCCC1. The Morgan fingerprint density at radius 3 is 2.33 bits per heavy atom. The number of hydrogen-bond acceptors (Lipinski definition) is 3. The number of nitrogens with one attached hydrogen (secondary N) is 1. The van der Waals surface area contributed by atoms with Gasteiger partial charge in [0.2, 0.25) is 0 Å². The van der Waals surface area contributed by atoms with Gasteiger partial charge in [0, 0.05) is 19.2 Å². The quantitative estimate of drug-likeness (QED) is 0.648. The highest BCUT2D eigenvalue weighted by Crippen LogP contribution is 2.27. The average molecular weight is 215 g/mol. The third-order valence-corrected chi connectivity index (χ3v) is 3.68. The summed E-state index contributed by atoms with van der Waals surface area (Å²) in [6, 6.07) is 0.265. The third-order valence-electron chi connectivity index (χ3n) is 3.68. The zero-order valence-corrected chi connectivity index (χ0v) is 10.00. The van der Waals surface area contributed by atoms with E-state index in [0.29, 0.717) is 6.54 Å². The van der Waals surface area contributed by atoms with E-state index >= 15 is 0 Å². The molecule has 0 heterocycles. The third kappa shape index (κ3) is 4.09. The van der Waals surface area contributed by atoms with E-state index in [-0.39, 0.29) is 18.6 Å². The van der Waals surface area contributed by atoms with Crippen molar-refractivity contribution in [1.82, 2.24) is 5.32 Å². The Bertz CT molecular complexity index is 178. The predicted octanol–water partition coefficient (Wildman–Crippen LogP) is 1.29. The molecule has 0 spiro atoms. The molecule has 0 radical (unpaired) electrons. The van der Waals surface area contributed by atoms with Gasteiger partial charge in [0.25, 0.3) is 0 Å². The van der Waals surface area contributed by atoms with Crippen LogP contribution in [-0.4, -0.2) is 35.0 Å². The lowest BCUT2D eigenvalue weighted by molar-refractivity contribution is 0.000949. The fraction of sp³-hybridized carbons (Fsp3) is 1.00. The number of hydrogen-bond donors (Lipinski definition) is 3. The monoisotopic (exact) mass is 215 g/mol. The minimum atomic E-state index is -0.498. The van der Waals surface area contributed by atoms with Crippen molar-refractivity contribution in [2.24, 2.45) is 5.92 Å². The Labute approximate surface area is 92.9 Å². The lowest BCUT2D eigenvalue weighted by atomic mass is 9.84. The molecule has 1 rings (SSSR count). The lowest BCUT2D eigenvalue weighted by Gasteiger charge is -2.34. The summed E-state index contributed by atoms with van der Waals surface area (Å²) in [5, 5.41) is 22.6. The van der Waals surface area contributed by atoms with Crippen molar-refractivity contribution >= 4 is 0 Å². The van der Waals surface area contributed by atoms with Crippen LogP contribution in [0.25, 0.3) is 0 Å². The average Bonchev–Trinajstić information content (AvgIpc) is 2.26. The molecule has 0 aromatic carbocycles. The molecule has 90 valence electrons. The standard InChI is InChI=1S/C12H25NO2/c1-10(8-14)11(2)13-9-12(15)6-4-3-5-7-12/h10-11,13-15H,3-9H2,1-2H3. The zero-order chi connectivity index (χ0) is 11.3. The van der Waals surface area contributed by atoms with Gasteiger partial charge in [-0.15, -0.1) is 0 Å². The number of aliphatic hydroxyl groups is 2. The van der Waals surface area contributed by atoms with Crippen LogP contribution in [0.15, 0.2) is 0 Å². The van der Waals surface area contributed by atoms with E-state index in [1.807, 2.05) is 6.92 Å². The molecule has 2 unspecified atom stereocenters. The van der Waals surface area contributed by atoms with E-state index in [2.05, 4.69) is 12.2 Å². The Kier molecular flexibility index (Phi) is 5.03. The van der Waals surface area contributed by atoms with Crippen molar-refractivity contribution < 1.29 is 10.2 Å². The minimum absolute atomic E-state index is 0.201. The van der Waals surface area contributed by atoms with Crippen LogP contribution < -0.4 is 5.32 Å². The van der Waals surface area contributed by atoms with Gasteiger partial charge in [-0.2, -0.15) is 0 Å². The summed E-state index contributed by atoms with van der Waals surface area (Å²) in [5.74, 6) is 0.247. The maximum Gasteiger partial charge on any atom is 0.0771 e. The maximum absolute atomic E-state index is 10.2. The topological polar surface area (TPSA) is 52.5 Å². The van der Waals surface area contributed by atoms with Gasteiger partial charge in [-0.25, -0.2) is 0 Å². The van der Waals surface area contributed by atoms with Gasteiger partial charge in [-0.3, -0.25) is 0 Å². The molecule has 0 bridgehead atoms. The highest BCUT2D eigenvalue weighted by atomic mass is 16.3. The van der Waals surface area contributed by atoms with Gasteiger partial charge < -0.3 is 15.5 Å². The van der Waals surface area contributed by atoms with Crippen LogP contribution >= 0.6 is 0 Å². The second-order valence-corrected chi connectivity index (χ2v) is 5.11. The van der Waals surface area contributed by atoms with E-state index in [4.69, 9.17) is 5.11 Å². The summed E-state index contributed by atoms with van der Waals surface area (Å²) in [4.78, 5) is 0. The minimum Gasteiger partial charge on any atom is -0.396 e. The molecule has 3 nitrogen and oxygen atoms in total. The van der Waals surface area contributed by atoms with Crippen molar-refractivity contribution in [3.8, 4) is 0 Å². The van der Waals surface area contributed by atoms with E-state index in [1.165, 1.54) is 6.42 Å². The zero-order valence-electron chi connectivity index (χ0n) is 10.00. The van der Waals surface area contributed by atoms with Gasteiger partial charge in [-0.1, -0.05) is 26.2 Å². The molecule has 2 atom stereocenters. The number of rotatable bonds is 5. The van der Waals surface area contributed by atoms with E-state index in [9.17, 15) is 5.11 Å². The molecule has 3 heteroatoms. The Hall–Kier alpha value is -0.120. The molecular formula is C12H25NO2. The van der Waals surface area contributed by atoms with Gasteiger partial charge in [0.05, 0.1) is 5.60 Å². The second-order valence-electron chi connectivity index (χ2n) is 5.11. The Balaban J connectivity index is 2.28. The molecule has 0 saturated heterocycles. The van der Waals surface area contributed by atoms with Crippen molar-refractivity contribution in [2.45, 2.75) is 57.6 Å².